The highest BCUT2D eigenvalue weighted by Crippen LogP contribution is 2.37. The quantitative estimate of drug-likeness (QED) is 0.134. The molecule has 3 amide bonds. The van der Waals surface area contributed by atoms with Gasteiger partial charge in [0.15, 0.2) is 0 Å². The van der Waals surface area contributed by atoms with Gasteiger partial charge in [-0.25, -0.2) is 0 Å². The molecule has 0 saturated heterocycles. The lowest BCUT2D eigenvalue weighted by atomic mass is 10.0. The van der Waals surface area contributed by atoms with Crippen LogP contribution in [-0.2, 0) is 40.1 Å². The van der Waals surface area contributed by atoms with Gasteiger partial charge >= 0.3 is 6.18 Å². The zero-order valence-electron chi connectivity index (χ0n) is 29.1. The summed E-state index contributed by atoms with van der Waals surface area (Å²) in [5.41, 5.74) is 13.5. The first-order chi connectivity index (χ1) is 25.0. The molecule has 0 aliphatic carbocycles. The summed E-state index contributed by atoms with van der Waals surface area (Å²) in [5, 5.41) is 10.0. The maximum Gasteiger partial charge on any atom is 0.416 e. The van der Waals surface area contributed by atoms with Crippen LogP contribution in [0.5, 0.6) is 0 Å². The summed E-state index contributed by atoms with van der Waals surface area (Å²) in [4.78, 5) is 48.3. The molecule has 0 bridgehead atoms. The number of rotatable bonds is 9. The van der Waals surface area contributed by atoms with E-state index >= 15 is 0 Å². The Kier molecular flexibility index (Phi) is 13.4. The van der Waals surface area contributed by atoms with Crippen LogP contribution in [0.15, 0.2) is 82.7 Å². The number of nitrogens with zero attached hydrogens (tertiary/aromatic N) is 1. The van der Waals surface area contributed by atoms with Crippen molar-refractivity contribution in [1.29, 1.82) is 0 Å². The molecule has 10 nitrogen and oxygen atoms in total. The number of fused-ring (bicyclic) bond motifs is 3. The summed E-state index contributed by atoms with van der Waals surface area (Å²) in [5.74, 6) is -1.38. The maximum atomic E-state index is 14.3. The van der Waals surface area contributed by atoms with Gasteiger partial charge in [0.2, 0.25) is 17.7 Å². The van der Waals surface area contributed by atoms with E-state index in [0.29, 0.717) is 50.1 Å². The molecule has 3 atom stereocenters. The van der Waals surface area contributed by atoms with Crippen molar-refractivity contribution in [3.8, 4) is 0 Å². The molecule has 8 N–H and O–H groups in total. The number of para-hydroxylation sites is 1. The highest BCUT2D eigenvalue weighted by molar-refractivity contribution is 7.99. The SMILES string of the molecule is CN1C(=O)[C@H](CCCCN)NC(=O)[C@H](CCCN)NCc2ccccc2Sc2ccc(C(F)(F)F)cc2CNC(=O)[C@@H]1Cc1c[nH]c2ccccc12. The fourth-order valence-corrected chi connectivity index (χ4v) is 7.43. The van der Waals surface area contributed by atoms with Gasteiger partial charge in [0, 0.05) is 53.4 Å². The van der Waals surface area contributed by atoms with E-state index in [2.05, 4.69) is 20.9 Å². The van der Waals surface area contributed by atoms with Crippen molar-refractivity contribution in [3.05, 3.63) is 95.2 Å². The van der Waals surface area contributed by atoms with Gasteiger partial charge in [-0.1, -0.05) is 48.2 Å². The largest absolute Gasteiger partial charge is 0.416 e. The van der Waals surface area contributed by atoms with Crippen LogP contribution in [0, 0.1) is 0 Å². The van der Waals surface area contributed by atoms with E-state index in [-0.39, 0.29) is 31.0 Å². The number of nitrogens with two attached hydrogens (primary N) is 2. The number of aromatic nitrogens is 1. The Morgan fingerprint density at radius 3 is 2.31 bits per heavy atom. The number of hydrogen-bond donors (Lipinski definition) is 6. The van der Waals surface area contributed by atoms with E-state index in [4.69, 9.17) is 11.5 Å². The van der Waals surface area contributed by atoms with E-state index < -0.39 is 41.7 Å². The standard InChI is InChI=1S/C38H46F3N7O3S/c1-48-32(20-25-22-44-29-11-4-3-10-28(25)29)36(50)46-23-26-19-27(38(39,40)41)15-16-34(26)52-33-14-5-2-9-24(33)21-45-30(13-8-18-43)35(49)47-31(37(48)51)12-6-7-17-42/h2-5,9-11,14-16,19,22,30-32,44-45H,6-8,12-13,17-18,20-21,23,42-43H2,1H3,(H,46,50)(H,47,49)/t30-,31-,32-/m0/s1. The minimum atomic E-state index is -4.60. The van der Waals surface area contributed by atoms with Crippen molar-refractivity contribution in [2.75, 3.05) is 20.1 Å². The summed E-state index contributed by atoms with van der Waals surface area (Å²) in [6.07, 6.45) is -0.257. The number of hydrogen-bond acceptors (Lipinski definition) is 7. The molecule has 0 unspecified atom stereocenters. The number of unbranched alkanes of at least 4 members (excludes halogenated alkanes) is 1. The van der Waals surface area contributed by atoms with Gasteiger partial charge in [-0.2, -0.15) is 13.2 Å². The first kappa shape index (κ1) is 38.9. The lowest BCUT2D eigenvalue weighted by molar-refractivity contribution is -0.142. The van der Waals surface area contributed by atoms with Crippen LogP contribution in [0.3, 0.4) is 0 Å². The van der Waals surface area contributed by atoms with Crippen molar-refractivity contribution in [3.63, 3.8) is 0 Å². The Bertz CT molecular complexity index is 1850. The number of likely N-dealkylation sites (N-methyl/N-ethyl adjacent to an activating group) is 1. The monoisotopic (exact) mass is 737 g/mol. The third kappa shape index (κ3) is 9.73. The minimum absolute atomic E-state index is 0.111. The molecule has 4 aromatic rings. The zero-order valence-corrected chi connectivity index (χ0v) is 29.9. The molecule has 0 saturated carbocycles. The zero-order chi connectivity index (χ0) is 37.3. The molecule has 52 heavy (non-hydrogen) atoms. The van der Waals surface area contributed by atoms with Gasteiger partial charge in [-0.15, -0.1) is 0 Å². The summed E-state index contributed by atoms with van der Waals surface area (Å²) >= 11 is 1.28. The third-order valence-corrected chi connectivity index (χ3v) is 10.6. The molecule has 2 heterocycles. The number of halogens is 3. The van der Waals surface area contributed by atoms with E-state index in [1.807, 2.05) is 48.5 Å². The first-order valence-corrected chi connectivity index (χ1v) is 18.3. The van der Waals surface area contributed by atoms with Crippen molar-refractivity contribution >= 4 is 40.4 Å². The number of amides is 3. The van der Waals surface area contributed by atoms with Gasteiger partial charge in [0.25, 0.3) is 0 Å². The number of aromatic amines is 1. The van der Waals surface area contributed by atoms with Crippen molar-refractivity contribution in [2.45, 2.75) is 85.7 Å². The number of nitrogens with one attached hydrogen (secondary N) is 4. The highest BCUT2D eigenvalue weighted by Gasteiger charge is 2.35. The molecule has 278 valence electrons. The maximum absolute atomic E-state index is 14.3. The fourth-order valence-electron chi connectivity index (χ4n) is 6.38. The van der Waals surface area contributed by atoms with Gasteiger partial charge in [-0.05, 0) is 92.2 Å². The predicted octanol–water partition coefficient (Wildman–Crippen LogP) is 4.85. The molecule has 1 aromatic heterocycles. The third-order valence-electron chi connectivity index (χ3n) is 9.35. The molecule has 0 spiro atoms. The first-order valence-electron chi connectivity index (χ1n) is 17.5. The number of benzene rings is 3. The Balaban J connectivity index is 1.58. The second-order valence-corrected chi connectivity index (χ2v) is 14.1. The van der Waals surface area contributed by atoms with Gasteiger partial charge in [0.1, 0.15) is 12.1 Å². The molecular formula is C38H46F3N7O3S. The Morgan fingerprint density at radius 1 is 0.827 bits per heavy atom. The van der Waals surface area contributed by atoms with Crippen LogP contribution in [0.2, 0.25) is 0 Å². The van der Waals surface area contributed by atoms with E-state index in [1.54, 1.807) is 6.20 Å². The second-order valence-electron chi connectivity index (χ2n) is 13.0. The number of carbonyl (C=O) groups is 3. The average Bonchev–Trinajstić information content (AvgIpc) is 3.54. The van der Waals surface area contributed by atoms with E-state index in [9.17, 15) is 27.6 Å². The van der Waals surface area contributed by atoms with Gasteiger partial charge in [0.05, 0.1) is 11.6 Å². The van der Waals surface area contributed by atoms with E-state index in [1.165, 1.54) is 29.8 Å². The number of carbonyl (C=O) groups excluding carboxylic acids is 3. The Morgan fingerprint density at radius 2 is 1.54 bits per heavy atom. The lowest BCUT2D eigenvalue weighted by Crippen LogP contribution is -2.57. The number of alkyl halides is 3. The fraction of sp³-hybridized carbons (Fsp3) is 0.395. The highest BCUT2D eigenvalue weighted by atomic mass is 32.2. The summed E-state index contributed by atoms with van der Waals surface area (Å²) in [6.45, 7) is 0.833. The molecule has 0 fully saturated rings. The molecule has 1 aliphatic heterocycles. The van der Waals surface area contributed by atoms with Gasteiger partial charge < -0.3 is 37.3 Å². The van der Waals surface area contributed by atoms with Crippen LogP contribution in [0.4, 0.5) is 13.2 Å². The van der Waals surface area contributed by atoms with E-state index in [0.717, 1.165) is 39.1 Å². The van der Waals surface area contributed by atoms with Crippen LogP contribution in [0.25, 0.3) is 10.9 Å². The predicted molar refractivity (Wildman–Crippen MR) is 196 cm³/mol. The second kappa shape index (κ2) is 17.9. The smallest absolute Gasteiger partial charge is 0.361 e. The molecular weight excluding hydrogens is 692 g/mol. The normalized spacial score (nSPS) is 19.5. The topological polar surface area (TPSA) is 158 Å². The molecule has 3 aromatic carbocycles. The van der Waals surface area contributed by atoms with Crippen LogP contribution < -0.4 is 27.4 Å². The molecule has 1 aliphatic rings. The number of H-pyrrole nitrogens is 1. The Labute approximate surface area is 305 Å². The molecule has 0 radical (unpaired) electrons. The van der Waals surface area contributed by atoms with Crippen LogP contribution in [0.1, 0.15) is 54.4 Å². The van der Waals surface area contributed by atoms with Crippen LogP contribution in [-0.4, -0.2) is 65.9 Å². The van der Waals surface area contributed by atoms with Crippen molar-refractivity contribution < 1.29 is 27.6 Å². The summed E-state index contributed by atoms with van der Waals surface area (Å²) < 4.78 is 41.8. The van der Waals surface area contributed by atoms with Crippen molar-refractivity contribution in [1.82, 2.24) is 25.8 Å². The molecule has 5 rings (SSSR count). The Hall–Kier alpha value is -4.37. The lowest BCUT2D eigenvalue weighted by Gasteiger charge is -2.32. The molecule has 14 heteroatoms. The summed E-state index contributed by atoms with van der Waals surface area (Å²) in [7, 11) is 1.52. The van der Waals surface area contributed by atoms with Crippen LogP contribution >= 0.6 is 11.8 Å². The minimum Gasteiger partial charge on any atom is -0.361 e. The summed E-state index contributed by atoms with van der Waals surface area (Å²) in [6, 6.07) is 15.8. The van der Waals surface area contributed by atoms with Gasteiger partial charge in [-0.3, -0.25) is 14.4 Å². The average molecular weight is 738 g/mol. The van der Waals surface area contributed by atoms with Crippen molar-refractivity contribution in [2.24, 2.45) is 11.5 Å².